The molecule has 3 aliphatic rings. The largest absolute Gasteiger partial charge is 0.394 e. The number of fused-ring (bicyclic) bond motifs is 1. The Balaban J connectivity index is 1.35. The summed E-state index contributed by atoms with van der Waals surface area (Å²) in [6, 6.07) is 8.92. The summed E-state index contributed by atoms with van der Waals surface area (Å²) in [6.07, 6.45) is 3.93. The van der Waals surface area contributed by atoms with Gasteiger partial charge < -0.3 is 10.4 Å². The number of aliphatic hydroxyl groups excluding tert-OH is 1. The third kappa shape index (κ3) is 4.28. The van der Waals surface area contributed by atoms with Gasteiger partial charge in [-0.2, -0.15) is 10.4 Å². The van der Waals surface area contributed by atoms with Gasteiger partial charge in [0.15, 0.2) is 21.3 Å². The van der Waals surface area contributed by atoms with E-state index in [0.717, 1.165) is 18.4 Å². The van der Waals surface area contributed by atoms with Crippen molar-refractivity contribution in [2.24, 2.45) is 5.92 Å². The van der Waals surface area contributed by atoms with Gasteiger partial charge in [0.2, 0.25) is 0 Å². The number of Topliss-reactive ketones (excluding diaryl/α,β-unsaturated/α-hetero) is 1. The van der Waals surface area contributed by atoms with Crippen molar-refractivity contribution in [3.05, 3.63) is 52.3 Å². The number of carbonyl (C=O) groups excluding carboxylic acids is 2. The Labute approximate surface area is 204 Å². The fraction of sp³-hybridized carbons (Fsp3) is 0.520. The quantitative estimate of drug-likeness (QED) is 0.540. The van der Waals surface area contributed by atoms with Gasteiger partial charge in [-0.15, -0.1) is 0 Å². The summed E-state index contributed by atoms with van der Waals surface area (Å²) in [6.45, 7) is 0.0812. The van der Waals surface area contributed by atoms with Crippen LogP contribution in [0.15, 0.2) is 24.3 Å². The van der Waals surface area contributed by atoms with Crippen LogP contribution in [0.2, 0.25) is 0 Å². The van der Waals surface area contributed by atoms with Crippen LogP contribution in [0.3, 0.4) is 0 Å². The van der Waals surface area contributed by atoms with Gasteiger partial charge in [0.1, 0.15) is 5.69 Å². The maximum atomic E-state index is 13.5. The molecule has 0 radical (unpaired) electrons. The molecule has 2 aromatic rings. The van der Waals surface area contributed by atoms with E-state index in [1.54, 1.807) is 24.3 Å². The van der Waals surface area contributed by atoms with E-state index >= 15 is 0 Å². The van der Waals surface area contributed by atoms with Crippen molar-refractivity contribution in [2.75, 3.05) is 6.61 Å². The number of hydrogen-bond donors (Lipinski definition) is 2. The van der Waals surface area contributed by atoms with Crippen LogP contribution in [0.5, 0.6) is 0 Å². The number of nitrogens with zero attached hydrogens (tertiary/aromatic N) is 3. The monoisotopic (exact) mass is 496 g/mol. The second kappa shape index (κ2) is 8.88. The van der Waals surface area contributed by atoms with Crippen LogP contribution in [-0.2, 0) is 29.3 Å². The van der Waals surface area contributed by atoms with Crippen molar-refractivity contribution in [3.8, 4) is 6.07 Å². The second-order valence-corrected chi connectivity index (χ2v) is 12.5. The normalized spacial score (nSPS) is 20.7. The minimum atomic E-state index is -3.22. The van der Waals surface area contributed by atoms with Gasteiger partial charge in [0.25, 0.3) is 5.91 Å². The van der Waals surface area contributed by atoms with E-state index in [9.17, 15) is 23.1 Å². The molecule has 35 heavy (non-hydrogen) atoms. The van der Waals surface area contributed by atoms with Crippen LogP contribution >= 0.6 is 0 Å². The number of ketones is 1. The van der Waals surface area contributed by atoms with E-state index in [0.29, 0.717) is 48.9 Å². The number of rotatable bonds is 9. The van der Waals surface area contributed by atoms with Crippen molar-refractivity contribution in [2.45, 2.75) is 68.0 Å². The van der Waals surface area contributed by atoms with Crippen LogP contribution in [0, 0.1) is 17.2 Å². The van der Waals surface area contributed by atoms with Crippen LogP contribution in [0.25, 0.3) is 0 Å². The summed E-state index contributed by atoms with van der Waals surface area (Å²) < 4.78 is 26.5. The average molecular weight is 497 g/mol. The summed E-state index contributed by atoms with van der Waals surface area (Å²) in [4.78, 5) is 26.5. The number of nitrogens with one attached hydrogen (secondary N) is 1. The second-order valence-electron chi connectivity index (χ2n) is 9.85. The molecule has 2 N–H and O–H groups in total. The molecule has 1 aromatic heterocycles. The highest BCUT2D eigenvalue weighted by atomic mass is 32.2. The number of hydrogen-bond acceptors (Lipinski definition) is 7. The molecule has 0 aliphatic heterocycles. The molecule has 3 aliphatic carbocycles. The predicted molar refractivity (Wildman–Crippen MR) is 126 cm³/mol. The molecule has 10 heteroatoms. The first-order valence-electron chi connectivity index (χ1n) is 12.0. The third-order valence-electron chi connectivity index (χ3n) is 7.45. The van der Waals surface area contributed by atoms with Gasteiger partial charge in [-0.05, 0) is 62.6 Å². The summed E-state index contributed by atoms with van der Waals surface area (Å²) in [5.41, 5.74) is 2.40. The van der Waals surface area contributed by atoms with E-state index in [2.05, 4.69) is 16.5 Å². The smallest absolute Gasteiger partial charge is 0.272 e. The standard InChI is InChI=1S/C25H28N4O5S/c26-14-16-1-3-17(4-2-16)15-27-24(32)21-20-8-5-18(23(31)22(20)29(28-21)11-12-30)13-25(9-10-25)35(33,34)19-6-7-19/h1-4,18-19,30H,5-13,15H2,(H,27,32). The lowest BCUT2D eigenvalue weighted by Crippen LogP contribution is -2.35. The van der Waals surface area contributed by atoms with Crippen molar-refractivity contribution >= 4 is 21.5 Å². The first-order chi connectivity index (χ1) is 16.8. The van der Waals surface area contributed by atoms with Crippen LogP contribution in [0.4, 0.5) is 0 Å². The molecule has 0 saturated heterocycles. The van der Waals surface area contributed by atoms with E-state index < -0.39 is 26.4 Å². The Morgan fingerprint density at radius 1 is 1.23 bits per heavy atom. The molecule has 1 amide bonds. The average Bonchev–Trinajstić information content (AvgIpc) is 3.78. The van der Waals surface area contributed by atoms with Crippen LogP contribution in [0.1, 0.15) is 76.2 Å². The molecular formula is C25H28N4O5S. The number of aliphatic hydroxyl groups is 1. The highest BCUT2D eigenvalue weighted by molar-refractivity contribution is 7.94. The van der Waals surface area contributed by atoms with Crippen molar-refractivity contribution in [1.82, 2.24) is 15.1 Å². The van der Waals surface area contributed by atoms with Crippen molar-refractivity contribution in [3.63, 3.8) is 0 Å². The van der Waals surface area contributed by atoms with Gasteiger partial charge in [0.05, 0.1) is 34.8 Å². The highest BCUT2D eigenvalue weighted by Crippen LogP contribution is 2.54. The molecule has 5 rings (SSSR count). The van der Waals surface area contributed by atoms with Crippen molar-refractivity contribution < 1.29 is 23.1 Å². The number of carbonyl (C=O) groups is 2. The van der Waals surface area contributed by atoms with Crippen LogP contribution < -0.4 is 5.32 Å². The Morgan fingerprint density at radius 2 is 1.94 bits per heavy atom. The molecule has 1 unspecified atom stereocenters. The molecule has 9 nitrogen and oxygen atoms in total. The van der Waals surface area contributed by atoms with E-state index in [4.69, 9.17) is 5.26 Å². The SMILES string of the molecule is N#Cc1ccc(CNC(=O)c2nn(CCO)c3c2CCC(CC2(S(=O)(=O)C4CC4)CC2)C3=O)cc1. The topological polar surface area (TPSA) is 142 Å². The Bertz CT molecular complexity index is 1310. The number of benzene rings is 1. The molecule has 1 atom stereocenters. The van der Waals surface area contributed by atoms with E-state index in [1.165, 1.54) is 4.68 Å². The first kappa shape index (κ1) is 23.7. The third-order valence-corrected chi connectivity index (χ3v) is 10.6. The Morgan fingerprint density at radius 3 is 2.54 bits per heavy atom. The number of amides is 1. The molecule has 0 bridgehead atoms. The lowest BCUT2D eigenvalue weighted by atomic mass is 9.82. The predicted octanol–water partition coefficient (Wildman–Crippen LogP) is 1.92. The maximum Gasteiger partial charge on any atom is 0.272 e. The van der Waals surface area contributed by atoms with Crippen LogP contribution in [-0.4, -0.2) is 51.6 Å². The van der Waals surface area contributed by atoms with Gasteiger partial charge in [-0.3, -0.25) is 14.3 Å². The molecule has 2 fully saturated rings. The van der Waals surface area contributed by atoms with Gasteiger partial charge in [-0.1, -0.05) is 12.1 Å². The summed E-state index contributed by atoms with van der Waals surface area (Å²) in [5, 5.41) is 25.4. The maximum absolute atomic E-state index is 13.5. The first-order valence-corrected chi connectivity index (χ1v) is 13.6. The number of aromatic nitrogens is 2. The van der Waals surface area contributed by atoms with Gasteiger partial charge in [-0.25, -0.2) is 8.42 Å². The molecule has 184 valence electrons. The zero-order chi connectivity index (χ0) is 24.8. The minimum absolute atomic E-state index is 0.0786. The molecule has 1 aromatic carbocycles. The van der Waals surface area contributed by atoms with E-state index in [-0.39, 0.29) is 36.4 Å². The lowest BCUT2D eigenvalue weighted by Gasteiger charge is -2.26. The Hall–Kier alpha value is -3.03. The number of nitriles is 1. The van der Waals surface area contributed by atoms with E-state index in [1.807, 2.05) is 0 Å². The molecule has 2 saturated carbocycles. The van der Waals surface area contributed by atoms with Crippen molar-refractivity contribution in [1.29, 1.82) is 5.26 Å². The molecule has 1 heterocycles. The summed E-state index contributed by atoms with van der Waals surface area (Å²) in [7, 11) is -3.22. The lowest BCUT2D eigenvalue weighted by molar-refractivity contribution is 0.0878. The molecular weight excluding hydrogens is 468 g/mol. The fourth-order valence-corrected chi connectivity index (χ4v) is 7.75. The molecule has 0 spiro atoms. The Kier molecular flexibility index (Phi) is 6.01. The number of sulfone groups is 1. The minimum Gasteiger partial charge on any atom is -0.394 e. The summed E-state index contributed by atoms with van der Waals surface area (Å²) >= 11 is 0. The summed E-state index contributed by atoms with van der Waals surface area (Å²) in [5.74, 6) is -1.03. The van der Waals surface area contributed by atoms with Gasteiger partial charge in [0, 0.05) is 18.0 Å². The fourth-order valence-electron chi connectivity index (χ4n) is 5.18. The zero-order valence-electron chi connectivity index (χ0n) is 19.4. The van der Waals surface area contributed by atoms with Gasteiger partial charge >= 0.3 is 0 Å². The highest BCUT2D eigenvalue weighted by Gasteiger charge is 2.60. The zero-order valence-corrected chi connectivity index (χ0v) is 20.2.